The number of rotatable bonds is 5. The second-order valence-electron chi connectivity index (χ2n) is 5.67. The van der Waals surface area contributed by atoms with Crippen LogP contribution in [0, 0.1) is 0 Å². The first-order chi connectivity index (χ1) is 11.3. The van der Waals surface area contributed by atoms with Gasteiger partial charge in [0.25, 0.3) is 0 Å². The van der Waals surface area contributed by atoms with Crippen LogP contribution in [0.15, 0.2) is 54.6 Å². The predicted molar refractivity (Wildman–Crippen MR) is 85.8 cm³/mol. The van der Waals surface area contributed by atoms with Gasteiger partial charge in [-0.3, -0.25) is 0 Å². The fourth-order valence-electron chi connectivity index (χ4n) is 2.67. The SMILES string of the molecule is OCc1nnn(-c2ccc(Oc3ccccc3)cc2)c1C1CC1. The Morgan fingerprint density at radius 2 is 1.70 bits per heavy atom. The van der Waals surface area contributed by atoms with E-state index in [-0.39, 0.29) is 6.61 Å². The molecule has 1 aliphatic rings. The van der Waals surface area contributed by atoms with Crippen LogP contribution < -0.4 is 4.74 Å². The summed E-state index contributed by atoms with van der Waals surface area (Å²) in [6, 6.07) is 17.4. The molecule has 0 unspecified atom stereocenters. The van der Waals surface area contributed by atoms with Crippen LogP contribution >= 0.6 is 0 Å². The van der Waals surface area contributed by atoms with Gasteiger partial charge in [-0.1, -0.05) is 23.4 Å². The Hall–Kier alpha value is -2.66. The number of aliphatic hydroxyl groups is 1. The van der Waals surface area contributed by atoms with E-state index in [2.05, 4.69) is 10.3 Å². The molecule has 0 atom stereocenters. The molecular weight excluding hydrogens is 290 g/mol. The number of hydrogen-bond acceptors (Lipinski definition) is 4. The standard InChI is InChI=1S/C18H17N3O2/c22-12-17-18(13-6-7-13)21(20-19-17)14-8-10-16(11-9-14)23-15-4-2-1-3-5-15/h1-5,8-11,13,22H,6-7,12H2. The van der Waals surface area contributed by atoms with Crippen molar-refractivity contribution in [1.29, 1.82) is 0 Å². The molecule has 1 aromatic heterocycles. The van der Waals surface area contributed by atoms with Gasteiger partial charge in [0.15, 0.2) is 0 Å². The number of ether oxygens (including phenoxy) is 1. The molecule has 2 aromatic carbocycles. The molecule has 0 spiro atoms. The summed E-state index contributed by atoms with van der Waals surface area (Å²) in [7, 11) is 0. The van der Waals surface area contributed by atoms with Crippen molar-refractivity contribution in [3.63, 3.8) is 0 Å². The van der Waals surface area contributed by atoms with Gasteiger partial charge in [-0.05, 0) is 49.2 Å². The maximum absolute atomic E-state index is 9.43. The Labute approximate surface area is 134 Å². The fourth-order valence-corrected chi connectivity index (χ4v) is 2.67. The first-order valence-corrected chi connectivity index (χ1v) is 7.74. The van der Waals surface area contributed by atoms with Gasteiger partial charge in [-0.2, -0.15) is 0 Å². The zero-order valence-corrected chi connectivity index (χ0v) is 12.6. The Morgan fingerprint density at radius 3 is 2.35 bits per heavy atom. The highest BCUT2D eigenvalue weighted by molar-refractivity contribution is 5.41. The molecule has 116 valence electrons. The second kappa shape index (κ2) is 5.85. The van der Waals surface area contributed by atoms with Gasteiger partial charge in [-0.15, -0.1) is 5.10 Å². The first kappa shape index (κ1) is 14.0. The predicted octanol–water partition coefficient (Wildman–Crippen LogP) is 3.43. The van der Waals surface area contributed by atoms with E-state index in [1.54, 1.807) is 0 Å². The van der Waals surface area contributed by atoms with Crippen LogP contribution in [0.1, 0.15) is 30.1 Å². The van der Waals surface area contributed by atoms with Crippen molar-refractivity contribution in [3.8, 4) is 17.2 Å². The Bertz CT molecular complexity index is 793. The molecule has 0 amide bonds. The van der Waals surface area contributed by atoms with Crippen LogP contribution in [0.25, 0.3) is 5.69 Å². The van der Waals surface area contributed by atoms with E-state index < -0.39 is 0 Å². The number of benzene rings is 2. The average molecular weight is 307 g/mol. The highest BCUT2D eigenvalue weighted by Gasteiger charge is 2.31. The zero-order chi connectivity index (χ0) is 15.6. The van der Waals surface area contributed by atoms with Crippen LogP contribution in [0.2, 0.25) is 0 Å². The van der Waals surface area contributed by atoms with Gasteiger partial charge in [-0.25, -0.2) is 4.68 Å². The minimum atomic E-state index is -0.0684. The van der Waals surface area contributed by atoms with E-state index >= 15 is 0 Å². The lowest BCUT2D eigenvalue weighted by molar-refractivity contribution is 0.275. The van der Waals surface area contributed by atoms with E-state index in [1.807, 2.05) is 59.3 Å². The third kappa shape index (κ3) is 2.83. The van der Waals surface area contributed by atoms with Crippen molar-refractivity contribution in [2.75, 3.05) is 0 Å². The van der Waals surface area contributed by atoms with E-state index in [0.29, 0.717) is 11.6 Å². The van der Waals surface area contributed by atoms with Gasteiger partial charge in [0.05, 0.1) is 18.0 Å². The highest BCUT2D eigenvalue weighted by atomic mass is 16.5. The largest absolute Gasteiger partial charge is 0.457 e. The molecule has 0 saturated heterocycles. The van der Waals surface area contributed by atoms with Crippen molar-refractivity contribution in [1.82, 2.24) is 15.0 Å². The van der Waals surface area contributed by atoms with Gasteiger partial charge in [0.1, 0.15) is 17.2 Å². The maximum Gasteiger partial charge on any atom is 0.127 e. The summed E-state index contributed by atoms with van der Waals surface area (Å²) in [6.45, 7) is -0.0684. The van der Waals surface area contributed by atoms with Crippen LogP contribution in [-0.4, -0.2) is 20.1 Å². The average Bonchev–Trinajstić information content (AvgIpc) is 3.35. The Balaban J connectivity index is 1.60. The molecule has 0 bridgehead atoms. The van der Waals surface area contributed by atoms with Crippen LogP contribution in [-0.2, 0) is 6.61 Å². The molecule has 4 rings (SSSR count). The first-order valence-electron chi connectivity index (χ1n) is 7.74. The second-order valence-corrected chi connectivity index (χ2v) is 5.67. The van der Waals surface area contributed by atoms with Crippen molar-refractivity contribution in [2.45, 2.75) is 25.4 Å². The topological polar surface area (TPSA) is 60.2 Å². The van der Waals surface area contributed by atoms with Crippen LogP contribution in [0.3, 0.4) is 0 Å². The monoisotopic (exact) mass is 307 g/mol. The number of hydrogen-bond donors (Lipinski definition) is 1. The van der Waals surface area contributed by atoms with E-state index in [0.717, 1.165) is 35.7 Å². The molecule has 1 heterocycles. The normalized spacial score (nSPS) is 14.0. The molecule has 1 aliphatic carbocycles. The molecule has 0 radical (unpaired) electrons. The summed E-state index contributed by atoms with van der Waals surface area (Å²) in [5, 5.41) is 17.7. The lowest BCUT2D eigenvalue weighted by Gasteiger charge is -2.09. The van der Waals surface area contributed by atoms with Crippen LogP contribution in [0.4, 0.5) is 0 Å². The third-order valence-corrected chi connectivity index (χ3v) is 3.95. The highest BCUT2D eigenvalue weighted by Crippen LogP contribution is 2.42. The number of para-hydroxylation sites is 1. The fraction of sp³-hybridized carbons (Fsp3) is 0.222. The Morgan fingerprint density at radius 1 is 1.00 bits per heavy atom. The van der Waals surface area contributed by atoms with Gasteiger partial charge < -0.3 is 9.84 Å². The molecule has 3 aromatic rings. The van der Waals surface area contributed by atoms with Crippen molar-refractivity contribution in [2.24, 2.45) is 0 Å². The Kier molecular flexibility index (Phi) is 3.55. The summed E-state index contributed by atoms with van der Waals surface area (Å²) in [5.41, 5.74) is 2.64. The van der Waals surface area contributed by atoms with Gasteiger partial charge in [0.2, 0.25) is 0 Å². The summed E-state index contributed by atoms with van der Waals surface area (Å²) < 4.78 is 7.63. The number of aromatic nitrogens is 3. The number of nitrogens with zero attached hydrogens (tertiary/aromatic N) is 3. The van der Waals surface area contributed by atoms with Crippen LogP contribution in [0.5, 0.6) is 11.5 Å². The molecule has 1 saturated carbocycles. The molecule has 1 fully saturated rings. The quantitative estimate of drug-likeness (QED) is 0.784. The summed E-state index contributed by atoms with van der Waals surface area (Å²) in [6.07, 6.45) is 2.27. The van der Waals surface area contributed by atoms with Gasteiger partial charge >= 0.3 is 0 Å². The molecule has 1 N–H and O–H groups in total. The van der Waals surface area contributed by atoms with E-state index in [9.17, 15) is 5.11 Å². The van der Waals surface area contributed by atoms with Crippen molar-refractivity contribution >= 4 is 0 Å². The molecule has 5 heteroatoms. The third-order valence-electron chi connectivity index (χ3n) is 3.95. The summed E-state index contributed by atoms with van der Waals surface area (Å²) >= 11 is 0. The maximum atomic E-state index is 9.43. The molecule has 5 nitrogen and oxygen atoms in total. The summed E-state index contributed by atoms with van der Waals surface area (Å²) in [5.74, 6) is 2.05. The van der Waals surface area contributed by atoms with Crippen molar-refractivity contribution in [3.05, 3.63) is 66.0 Å². The molecule has 23 heavy (non-hydrogen) atoms. The molecular formula is C18H17N3O2. The van der Waals surface area contributed by atoms with E-state index in [4.69, 9.17) is 4.74 Å². The lowest BCUT2D eigenvalue weighted by atomic mass is 10.2. The number of aliphatic hydroxyl groups excluding tert-OH is 1. The van der Waals surface area contributed by atoms with E-state index in [1.165, 1.54) is 0 Å². The minimum Gasteiger partial charge on any atom is -0.457 e. The smallest absolute Gasteiger partial charge is 0.127 e. The summed E-state index contributed by atoms with van der Waals surface area (Å²) in [4.78, 5) is 0. The molecule has 0 aliphatic heterocycles. The lowest BCUT2D eigenvalue weighted by Crippen LogP contribution is -2.02. The minimum absolute atomic E-state index is 0.0684. The zero-order valence-electron chi connectivity index (χ0n) is 12.6. The van der Waals surface area contributed by atoms with Crippen molar-refractivity contribution < 1.29 is 9.84 Å². The van der Waals surface area contributed by atoms with Gasteiger partial charge in [0, 0.05) is 5.92 Å².